The van der Waals surface area contributed by atoms with Crippen molar-refractivity contribution < 1.29 is 9.84 Å². The van der Waals surface area contributed by atoms with Crippen molar-refractivity contribution in [1.82, 2.24) is 65.5 Å². The van der Waals surface area contributed by atoms with Crippen molar-refractivity contribution in [2.75, 3.05) is 138 Å². The van der Waals surface area contributed by atoms with Gasteiger partial charge in [0.05, 0.1) is 32.2 Å². The van der Waals surface area contributed by atoms with Crippen molar-refractivity contribution in [3.63, 3.8) is 0 Å². The van der Waals surface area contributed by atoms with E-state index in [1.165, 1.54) is 65.2 Å². The second kappa shape index (κ2) is 54.0. The Bertz CT molecular complexity index is 1390. The minimum Gasteiger partial charge on any atom is -0.393 e. The molecule has 0 bridgehead atoms. The number of hydrogen-bond donors (Lipinski definition) is 6. The predicted octanol–water partition coefficient (Wildman–Crippen LogP) is 9.57. The summed E-state index contributed by atoms with van der Waals surface area (Å²) in [4.78, 5) is 22.9. The number of thioether (sulfide) groups is 1. The van der Waals surface area contributed by atoms with Gasteiger partial charge < -0.3 is 55.7 Å². The summed E-state index contributed by atoms with van der Waals surface area (Å²) in [6, 6.07) is 7.16. The van der Waals surface area contributed by atoms with Crippen molar-refractivity contribution in [3.8, 4) is 0 Å². The van der Waals surface area contributed by atoms with Crippen LogP contribution < -0.4 is 26.6 Å². The zero-order chi connectivity index (χ0) is 62.3. The Morgan fingerprint density at radius 2 is 1.00 bits per heavy atom. The first kappa shape index (κ1) is 83.8. The van der Waals surface area contributed by atoms with E-state index < -0.39 is 0 Å². The molecule has 6 aliphatic rings. The molecule has 0 atom stereocenters. The molecule has 0 aromatic carbocycles. The number of nitrogens with zero attached hydrogens (tertiary/aromatic N) is 9. The van der Waals surface area contributed by atoms with Crippen LogP contribution in [0.5, 0.6) is 0 Å². The Morgan fingerprint density at radius 3 is 1.27 bits per heavy atom. The first-order valence-corrected chi connectivity index (χ1v) is 33.5. The Labute approximate surface area is 509 Å². The predicted molar refractivity (Wildman–Crippen MR) is 361 cm³/mol. The average Bonchev–Trinajstić information content (AvgIpc) is 4.25. The second-order valence-electron chi connectivity index (χ2n) is 25.3. The molecule has 0 spiro atoms. The average molecular weight is 1170 g/mol. The minimum atomic E-state index is -0.0324. The summed E-state index contributed by atoms with van der Waals surface area (Å²) >= 11 is 1.81. The van der Waals surface area contributed by atoms with Gasteiger partial charge in [-0.3, -0.25) is 19.7 Å². The van der Waals surface area contributed by atoms with Crippen LogP contribution >= 0.6 is 11.8 Å². The second-order valence-corrected chi connectivity index (χ2v) is 26.4. The van der Waals surface area contributed by atoms with Crippen LogP contribution in [0.3, 0.4) is 0 Å². The molecule has 0 saturated carbocycles. The SMILES string of the molecule is CC(C)N1CCC(O)CC1.CC(C)N1CCCC1.CC(C)N1CCN(C)CC1.CC(C)N1CCNCC1.CC(C)N1CCOCC1.CC(C)NC(C)C.CC(C)NC1=NCCS1.CC(C)n1ccnc1.CCNC(C)C.CNC(C)C. The van der Waals surface area contributed by atoms with E-state index in [-0.39, 0.29) is 6.10 Å². The smallest absolute Gasteiger partial charge is 0.156 e. The highest BCUT2D eigenvalue weighted by Crippen LogP contribution is 2.13. The van der Waals surface area contributed by atoms with E-state index in [4.69, 9.17) is 4.74 Å². The van der Waals surface area contributed by atoms with Gasteiger partial charge in [-0.25, -0.2) is 4.98 Å². The van der Waals surface area contributed by atoms with Gasteiger partial charge in [0.2, 0.25) is 0 Å². The van der Waals surface area contributed by atoms with E-state index in [1.807, 2.05) is 31.3 Å². The van der Waals surface area contributed by atoms with E-state index in [9.17, 15) is 5.11 Å². The van der Waals surface area contributed by atoms with Crippen molar-refractivity contribution in [1.29, 1.82) is 0 Å². The van der Waals surface area contributed by atoms with Gasteiger partial charge in [-0.15, -0.1) is 0 Å². The standard InChI is InChI=1S/C8H18N2.C8H17NO.C7H16N2.C7H15NO.C7H15N.C6H12N2S.C6H10N2.C6H15N.C5H13N.C4H11N/c1-8(2)10-6-4-9(3)5-7-10;1-7(2)9-5-3-8(10)4-6-9;1-7(2)9-5-3-8-4-6-9;1-7(2)8-3-5-9-6-4-8;1-7(2)8-5-3-4-6-8;1-5(2)8-6-7-3-4-9-6;1-6(2)8-4-3-7-5-8;1-5(2)7-6(3)4;1-4-6-5(2)3;1-4(2)5-3/h8H,4-7H2,1-3H3;7-8,10H,3-6H2,1-2H3;7-8H,3-6H2,1-2H3;7H,3-6H2,1-2H3;7H,3-6H2,1-2H3;5H,3-4H2,1-2H3,(H,7,8);3-6H,1-2H3;5-7H,1-4H3;5-6H,4H2,1-3H3;4-5H,1-3H3. The molecule has 486 valence electrons. The summed E-state index contributed by atoms with van der Waals surface area (Å²) in [6.07, 6.45) is 10.3. The summed E-state index contributed by atoms with van der Waals surface area (Å²) < 4.78 is 7.26. The van der Waals surface area contributed by atoms with E-state index in [2.05, 4.69) is 237 Å². The lowest BCUT2D eigenvalue weighted by atomic mass is 10.1. The number of likely N-dealkylation sites (tertiary alicyclic amines) is 2. The number of aromatic nitrogens is 2. The van der Waals surface area contributed by atoms with Gasteiger partial charge in [0.15, 0.2) is 5.17 Å². The minimum absolute atomic E-state index is 0.0324. The number of aliphatic hydroxyl groups excluding tert-OH is 1. The summed E-state index contributed by atoms with van der Waals surface area (Å²) in [5.74, 6) is 1.15. The fourth-order valence-corrected chi connectivity index (χ4v) is 9.49. The molecule has 0 aliphatic carbocycles. The summed E-state index contributed by atoms with van der Waals surface area (Å²) in [7, 11) is 4.14. The van der Waals surface area contributed by atoms with Crippen LogP contribution in [-0.2, 0) is 4.74 Å². The van der Waals surface area contributed by atoms with Gasteiger partial charge in [0.1, 0.15) is 0 Å². The summed E-state index contributed by atoms with van der Waals surface area (Å²) in [6.45, 7) is 70.8. The fourth-order valence-electron chi connectivity index (χ4n) is 8.61. The molecule has 1 aromatic rings. The number of aliphatic hydroxyl groups is 1. The molecule has 0 radical (unpaired) electrons. The van der Waals surface area contributed by atoms with Crippen molar-refractivity contribution in [2.24, 2.45) is 4.99 Å². The number of hydrogen-bond acceptors (Lipinski definition) is 16. The van der Waals surface area contributed by atoms with Gasteiger partial charge >= 0.3 is 0 Å². The number of piperidine rings is 1. The number of ether oxygens (including phenoxy) is 1. The molecule has 17 heteroatoms. The van der Waals surface area contributed by atoms with Crippen LogP contribution in [0.2, 0.25) is 0 Å². The number of morpholine rings is 1. The first-order valence-electron chi connectivity index (χ1n) is 32.5. The molecule has 81 heavy (non-hydrogen) atoms. The van der Waals surface area contributed by atoms with Gasteiger partial charge in [-0.1, -0.05) is 74.1 Å². The monoisotopic (exact) mass is 1170 g/mol. The van der Waals surface area contributed by atoms with E-state index in [1.54, 1.807) is 6.20 Å². The fraction of sp³-hybridized carbons (Fsp3) is 0.938. The molecule has 6 N–H and O–H groups in total. The van der Waals surface area contributed by atoms with Crippen molar-refractivity contribution >= 4 is 16.9 Å². The lowest BCUT2D eigenvalue weighted by Crippen LogP contribution is -2.47. The molecule has 16 nitrogen and oxygen atoms in total. The van der Waals surface area contributed by atoms with Crippen LogP contribution in [0.4, 0.5) is 0 Å². The van der Waals surface area contributed by atoms with Crippen LogP contribution in [0.15, 0.2) is 23.7 Å². The van der Waals surface area contributed by atoms with E-state index in [0.29, 0.717) is 48.3 Å². The third-order valence-electron chi connectivity index (χ3n) is 14.0. The molecule has 0 unspecified atom stereocenters. The maximum absolute atomic E-state index is 9.18. The maximum atomic E-state index is 9.18. The largest absolute Gasteiger partial charge is 0.393 e. The van der Waals surface area contributed by atoms with Gasteiger partial charge in [-0.05, 0) is 156 Å². The molecular weight excluding hydrogens is 1030 g/mol. The van der Waals surface area contributed by atoms with E-state index >= 15 is 0 Å². The number of aliphatic imine (C=N–C) groups is 1. The number of likely N-dealkylation sites (N-methyl/N-ethyl adjacent to an activating group) is 1. The number of piperazine rings is 2. The van der Waals surface area contributed by atoms with Crippen LogP contribution in [0.1, 0.15) is 191 Å². The third kappa shape index (κ3) is 53.7. The van der Waals surface area contributed by atoms with Gasteiger partial charge in [-0.2, -0.15) is 0 Å². The van der Waals surface area contributed by atoms with Crippen LogP contribution in [0.25, 0.3) is 0 Å². The molecule has 5 saturated heterocycles. The van der Waals surface area contributed by atoms with Crippen LogP contribution in [-0.4, -0.2) is 254 Å². The van der Waals surface area contributed by atoms with Crippen LogP contribution in [0, 0.1) is 0 Å². The quantitative estimate of drug-likeness (QED) is 0.118. The van der Waals surface area contributed by atoms with Gasteiger partial charge in [0, 0.05) is 163 Å². The maximum Gasteiger partial charge on any atom is 0.156 e. The first-order chi connectivity index (χ1) is 38.1. The molecular formula is C64H142N14O2S. The lowest BCUT2D eigenvalue weighted by molar-refractivity contribution is 0.0238. The van der Waals surface area contributed by atoms with E-state index in [0.717, 1.165) is 107 Å². The highest BCUT2D eigenvalue weighted by molar-refractivity contribution is 8.14. The summed E-state index contributed by atoms with van der Waals surface area (Å²) in [5.41, 5.74) is 0. The van der Waals surface area contributed by atoms with Crippen molar-refractivity contribution in [3.05, 3.63) is 18.7 Å². The zero-order valence-corrected chi connectivity index (χ0v) is 59.0. The Kier molecular flexibility index (Phi) is 55.8. The van der Waals surface area contributed by atoms with Gasteiger partial charge in [0.25, 0.3) is 0 Å². The number of amidine groups is 1. The number of imidazole rings is 1. The zero-order valence-electron chi connectivity index (χ0n) is 58.2. The molecule has 7 rings (SSSR count). The Hall–Kier alpha value is -1.45. The topological polar surface area (TPSA) is 139 Å². The highest BCUT2D eigenvalue weighted by Gasteiger charge is 2.19. The molecule has 7 heterocycles. The highest BCUT2D eigenvalue weighted by atomic mass is 32.2. The number of rotatable bonds is 12. The molecule has 6 aliphatic heterocycles. The summed E-state index contributed by atoms with van der Waals surface area (Å²) in [5, 5.41) is 26.4. The molecule has 0 amide bonds. The normalized spacial score (nSPS) is 18.7. The molecule has 5 fully saturated rings. The number of nitrogens with one attached hydrogen (secondary N) is 5. The Balaban J connectivity index is -0.000000839. The third-order valence-corrected chi connectivity index (χ3v) is 14.9. The Morgan fingerprint density at radius 1 is 0.568 bits per heavy atom. The van der Waals surface area contributed by atoms with Crippen molar-refractivity contribution in [2.45, 2.75) is 257 Å². The lowest BCUT2D eigenvalue weighted by Gasteiger charge is -2.34. The molecule has 1 aromatic heterocycles.